The summed E-state index contributed by atoms with van der Waals surface area (Å²) in [5, 5.41) is 4.16. The summed E-state index contributed by atoms with van der Waals surface area (Å²) in [5.41, 5.74) is 7.44. The van der Waals surface area contributed by atoms with Crippen molar-refractivity contribution in [3.8, 4) is 45.3 Å². The third-order valence-corrected chi connectivity index (χ3v) is 7.68. The molecule has 0 aliphatic rings. The van der Waals surface area contributed by atoms with E-state index in [2.05, 4.69) is 78.9 Å². The van der Waals surface area contributed by atoms with E-state index in [0.717, 1.165) is 66.2 Å². The fraction of sp³-hybridized carbons (Fsp3) is 0. The summed E-state index contributed by atoms with van der Waals surface area (Å²) in [6, 6.07) is 49.6. The number of hydrogen-bond acceptors (Lipinski definition) is 4. The van der Waals surface area contributed by atoms with Gasteiger partial charge < -0.3 is 0 Å². The van der Waals surface area contributed by atoms with E-state index in [-0.39, 0.29) is 0 Å². The largest absolute Gasteiger partial charge is 0.228 e. The summed E-state index contributed by atoms with van der Waals surface area (Å²) in [6.07, 6.45) is 0. The van der Waals surface area contributed by atoms with Crippen molar-refractivity contribution in [1.29, 1.82) is 0 Å². The SMILES string of the molecule is c1ccc(-c2nc(-c3ccccc3)c3ccc4nc(-c5cccc6ccccc56)nc(-c5ccccc5)c4c3n2)cc1. The molecule has 0 spiro atoms. The maximum absolute atomic E-state index is 5.27. The first-order valence-electron chi connectivity index (χ1n) is 14.0. The fourth-order valence-electron chi connectivity index (χ4n) is 5.69. The third kappa shape index (κ3) is 4.09. The third-order valence-electron chi connectivity index (χ3n) is 7.68. The van der Waals surface area contributed by atoms with Gasteiger partial charge in [0.25, 0.3) is 0 Å². The molecule has 2 aromatic heterocycles. The van der Waals surface area contributed by atoms with Gasteiger partial charge in [-0.25, -0.2) is 19.9 Å². The zero-order chi connectivity index (χ0) is 27.9. The van der Waals surface area contributed by atoms with Crippen molar-refractivity contribution in [2.75, 3.05) is 0 Å². The zero-order valence-corrected chi connectivity index (χ0v) is 22.6. The van der Waals surface area contributed by atoms with Crippen molar-refractivity contribution in [3.05, 3.63) is 146 Å². The number of fused-ring (bicyclic) bond motifs is 4. The van der Waals surface area contributed by atoms with E-state index in [1.54, 1.807) is 0 Å². The van der Waals surface area contributed by atoms with E-state index < -0.39 is 0 Å². The minimum absolute atomic E-state index is 0.673. The summed E-state index contributed by atoms with van der Waals surface area (Å²) in [5.74, 6) is 1.37. The molecule has 0 fully saturated rings. The molecule has 8 aromatic rings. The van der Waals surface area contributed by atoms with Gasteiger partial charge in [-0.1, -0.05) is 133 Å². The van der Waals surface area contributed by atoms with E-state index in [0.29, 0.717) is 11.6 Å². The van der Waals surface area contributed by atoms with Crippen LogP contribution in [0.1, 0.15) is 0 Å². The molecule has 0 aliphatic carbocycles. The molecule has 42 heavy (non-hydrogen) atoms. The van der Waals surface area contributed by atoms with Gasteiger partial charge in [-0.2, -0.15) is 0 Å². The number of rotatable bonds is 4. The standard InChI is InChI=1S/C38H24N4/c1-4-14-26(15-5-1)34-31-23-24-32-33(36(31)42-37(40-34)28-18-8-3-9-19-28)35(27-16-6-2-7-17-27)41-38(39-32)30-22-12-20-25-13-10-11-21-29(25)30/h1-24H. The van der Waals surface area contributed by atoms with Crippen LogP contribution < -0.4 is 0 Å². The van der Waals surface area contributed by atoms with Crippen LogP contribution in [0.2, 0.25) is 0 Å². The molecule has 0 amide bonds. The molecule has 0 saturated carbocycles. The number of aromatic nitrogens is 4. The molecule has 8 rings (SSSR count). The van der Waals surface area contributed by atoms with Crippen molar-refractivity contribution in [2.24, 2.45) is 0 Å². The van der Waals surface area contributed by atoms with E-state index in [4.69, 9.17) is 19.9 Å². The lowest BCUT2D eigenvalue weighted by Gasteiger charge is -2.15. The van der Waals surface area contributed by atoms with Crippen LogP contribution in [-0.4, -0.2) is 19.9 Å². The van der Waals surface area contributed by atoms with Crippen LogP contribution in [0.3, 0.4) is 0 Å². The van der Waals surface area contributed by atoms with Gasteiger partial charge in [0.05, 0.1) is 27.8 Å². The summed E-state index contributed by atoms with van der Waals surface area (Å²) in [6.45, 7) is 0. The van der Waals surface area contributed by atoms with Gasteiger partial charge in [-0.15, -0.1) is 0 Å². The molecule has 0 aliphatic heterocycles. The maximum Gasteiger partial charge on any atom is 0.161 e. The molecule has 6 aromatic carbocycles. The van der Waals surface area contributed by atoms with Gasteiger partial charge in [0, 0.05) is 27.6 Å². The molecule has 0 bridgehead atoms. The lowest BCUT2D eigenvalue weighted by Crippen LogP contribution is -2.00. The average Bonchev–Trinajstić information content (AvgIpc) is 3.08. The minimum Gasteiger partial charge on any atom is -0.228 e. The monoisotopic (exact) mass is 536 g/mol. The predicted octanol–water partition coefficient (Wildman–Crippen LogP) is 9.39. The molecular weight excluding hydrogens is 512 g/mol. The second kappa shape index (κ2) is 10.0. The Balaban J connectivity index is 1.50. The molecule has 0 N–H and O–H groups in total. The lowest BCUT2D eigenvalue weighted by atomic mass is 9.99. The van der Waals surface area contributed by atoms with Crippen LogP contribution in [0.4, 0.5) is 0 Å². The van der Waals surface area contributed by atoms with Gasteiger partial charge in [-0.05, 0) is 22.9 Å². The zero-order valence-electron chi connectivity index (χ0n) is 22.6. The van der Waals surface area contributed by atoms with Crippen LogP contribution >= 0.6 is 0 Å². The minimum atomic E-state index is 0.673. The Morgan fingerprint density at radius 1 is 0.357 bits per heavy atom. The first-order chi connectivity index (χ1) is 20.8. The van der Waals surface area contributed by atoms with Crippen LogP contribution in [0.5, 0.6) is 0 Å². The van der Waals surface area contributed by atoms with E-state index in [9.17, 15) is 0 Å². The van der Waals surface area contributed by atoms with Crippen LogP contribution in [0, 0.1) is 0 Å². The van der Waals surface area contributed by atoms with Gasteiger partial charge in [0.1, 0.15) is 0 Å². The molecule has 0 radical (unpaired) electrons. The molecule has 196 valence electrons. The average molecular weight is 537 g/mol. The Morgan fingerprint density at radius 3 is 1.69 bits per heavy atom. The molecular formula is C38H24N4. The van der Waals surface area contributed by atoms with E-state index in [1.165, 1.54) is 0 Å². The molecule has 0 atom stereocenters. The quantitative estimate of drug-likeness (QED) is 0.210. The van der Waals surface area contributed by atoms with Crippen molar-refractivity contribution in [1.82, 2.24) is 19.9 Å². The smallest absolute Gasteiger partial charge is 0.161 e. The van der Waals surface area contributed by atoms with Crippen LogP contribution in [-0.2, 0) is 0 Å². The fourth-order valence-corrected chi connectivity index (χ4v) is 5.69. The molecule has 4 heteroatoms. The van der Waals surface area contributed by atoms with E-state index >= 15 is 0 Å². The van der Waals surface area contributed by atoms with Crippen molar-refractivity contribution >= 4 is 32.6 Å². The first kappa shape index (κ1) is 24.1. The van der Waals surface area contributed by atoms with Crippen LogP contribution in [0.25, 0.3) is 77.9 Å². The molecule has 0 unspecified atom stereocenters. The highest BCUT2D eigenvalue weighted by Gasteiger charge is 2.19. The Kier molecular flexibility index (Phi) is 5.75. The topological polar surface area (TPSA) is 51.6 Å². The van der Waals surface area contributed by atoms with Gasteiger partial charge >= 0.3 is 0 Å². The first-order valence-corrected chi connectivity index (χ1v) is 14.0. The summed E-state index contributed by atoms with van der Waals surface area (Å²) < 4.78 is 0. The number of hydrogen-bond donors (Lipinski definition) is 0. The second-order valence-electron chi connectivity index (χ2n) is 10.3. The highest BCUT2D eigenvalue weighted by Crippen LogP contribution is 2.38. The predicted molar refractivity (Wildman–Crippen MR) is 172 cm³/mol. The van der Waals surface area contributed by atoms with Crippen molar-refractivity contribution < 1.29 is 0 Å². The Morgan fingerprint density at radius 2 is 0.952 bits per heavy atom. The van der Waals surface area contributed by atoms with Crippen molar-refractivity contribution in [3.63, 3.8) is 0 Å². The normalized spacial score (nSPS) is 11.3. The van der Waals surface area contributed by atoms with Gasteiger partial charge in [-0.3, -0.25) is 0 Å². The molecule has 4 nitrogen and oxygen atoms in total. The number of nitrogens with zero attached hydrogens (tertiary/aromatic N) is 4. The summed E-state index contributed by atoms with van der Waals surface area (Å²) >= 11 is 0. The van der Waals surface area contributed by atoms with Gasteiger partial charge in [0.15, 0.2) is 11.6 Å². The highest BCUT2D eigenvalue weighted by molar-refractivity contribution is 6.14. The summed E-state index contributed by atoms with van der Waals surface area (Å²) in [4.78, 5) is 20.7. The Hall–Kier alpha value is -5.74. The van der Waals surface area contributed by atoms with Crippen molar-refractivity contribution in [2.45, 2.75) is 0 Å². The van der Waals surface area contributed by atoms with Gasteiger partial charge in [0.2, 0.25) is 0 Å². The Bertz CT molecular complexity index is 2220. The lowest BCUT2D eigenvalue weighted by molar-refractivity contribution is 1.22. The maximum atomic E-state index is 5.27. The molecule has 0 saturated heterocycles. The number of benzene rings is 6. The Labute approximate surface area is 243 Å². The highest BCUT2D eigenvalue weighted by atomic mass is 14.9. The van der Waals surface area contributed by atoms with E-state index in [1.807, 2.05) is 66.7 Å². The van der Waals surface area contributed by atoms with Crippen LogP contribution in [0.15, 0.2) is 146 Å². The molecule has 2 heterocycles. The summed E-state index contributed by atoms with van der Waals surface area (Å²) in [7, 11) is 0. The second-order valence-corrected chi connectivity index (χ2v) is 10.3.